The molecule has 6 nitrogen and oxygen atoms in total. The Morgan fingerprint density at radius 3 is 2.24 bits per heavy atom. The number of nitrogens with one attached hydrogen (secondary N) is 1. The van der Waals surface area contributed by atoms with Crippen LogP contribution in [0.3, 0.4) is 0 Å². The molecule has 1 amide bonds. The predicted octanol–water partition coefficient (Wildman–Crippen LogP) is 3.43. The highest BCUT2D eigenvalue weighted by Crippen LogP contribution is 2.22. The molecule has 0 saturated heterocycles. The minimum absolute atomic E-state index is 0.0267. The number of halogens is 2. The zero-order valence-electron chi connectivity index (χ0n) is 13.6. The molecule has 0 saturated carbocycles. The normalized spacial score (nSPS) is 11.5. The lowest BCUT2D eigenvalue weighted by atomic mass is 10.0. The number of nitrogens with zero attached hydrogens (tertiary/aromatic N) is 1. The van der Waals surface area contributed by atoms with E-state index in [1.54, 1.807) is 31.4 Å². The number of pyridine rings is 1. The van der Waals surface area contributed by atoms with E-state index in [-0.39, 0.29) is 22.3 Å². The second-order valence-corrected chi connectivity index (χ2v) is 5.86. The topological polar surface area (TPSA) is 77.5 Å². The highest BCUT2D eigenvalue weighted by molar-refractivity contribution is 6.33. The van der Waals surface area contributed by atoms with Crippen LogP contribution in [0, 0.1) is 0 Å². The molecular formula is C17H16Cl2N2O4. The lowest BCUT2D eigenvalue weighted by Crippen LogP contribution is -2.30. The van der Waals surface area contributed by atoms with Crippen molar-refractivity contribution >= 4 is 35.1 Å². The van der Waals surface area contributed by atoms with Gasteiger partial charge in [-0.15, -0.1) is 0 Å². The summed E-state index contributed by atoms with van der Waals surface area (Å²) in [7, 11) is 2.84. The molecule has 0 radical (unpaired) electrons. The smallest absolute Gasteiger partial charge is 0.307 e. The van der Waals surface area contributed by atoms with Crippen LogP contribution in [0.5, 0.6) is 5.75 Å². The van der Waals surface area contributed by atoms with Gasteiger partial charge in [0.2, 0.25) is 0 Å². The maximum Gasteiger partial charge on any atom is 0.307 e. The van der Waals surface area contributed by atoms with E-state index >= 15 is 0 Å². The van der Waals surface area contributed by atoms with Gasteiger partial charge in [0, 0.05) is 5.56 Å². The first kappa shape index (κ1) is 19.0. The number of carbonyl (C=O) groups excluding carboxylic acids is 2. The second kappa shape index (κ2) is 8.69. The predicted molar refractivity (Wildman–Crippen MR) is 94.1 cm³/mol. The summed E-state index contributed by atoms with van der Waals surface area (Å²) in [5.74, 6) is -0.220. The van der Waals surface area contributed by atoms with Gasteiger partial charge in [-0.25, -0.2) is 4.98 Å². The summed E-state index contributed by atoms with van der Waals surface area (Å²) in [6, 6.07) is 9.21. The summed E-state index contributed by atoms with van der Waals surface area (Å²) in [5.41, 5.74) is 0.971. The Morgan fingerprint density at radius 2 is 1.72 bits per heavy atom. The number of amides is 1. The number of esters is 1. The standard InChI is InChI=1S/C17H16Cl2N2O4/c1-24-12-5-3-10(4-6-12)13(9-16(22)25-2)20-17(23)11-7-14(18)21-15(19)8-11/h3-8,13H,9H2,1-2H3,(H,20,23). The molecule has 1 unspecified atom stereocenters. The summed E-state index contributed by atoms with van der Waals surface area (Å²) in [4.78, 5) is 28.0. The third-order valence-electron chi connectivity index (χ3n) is 3.45. The van der Waals surface area contributed by atoms with Crippen molar-refractivity contribution in [3.8, 4) is 5.75 Å². The van der Waals surface area contributed by atoms with Gasteiger partial charge >= 0.3 is 5.97 Å². The van der Waals surface area contributed by atoms with Crippen LogP contribution in [0.2, 0.25) is 10.3 Å². The fourth-order valence-electron chi connectivity index (χ4n) is 2.18. The molecule has 1 aromatic carbocycles. The van der Waals surface area contributed by atoms with Crippen LogP contribution in [0.25, 0.3) is 0 Å². The number of ether oxygens (including phenoxy) is 2. The van der Waals surface area contributed by atoms with Crippen molar-refractivity contribution < 1.29 is 19.1 Å². The number of carbonyl (C=O) groups is 2. The summed E-state index contributed by atoms with van der Waals surface area (Å²) in [6.07, 6.45) is -0.0267. The van der Waals surface area contributed by atoms with Crippen molar-refractivity contribution in [2.45, 2.75) is 12.5 Å². The molecule has 0 aliphatic carbocycles. The van der Waals surface area contributed by atoms with Gasteiger partial charge in [-0.1, -0.05) is 35.3 Å². The van der Waals surface area contributed by atoms with E-state index in [0.717, 1.165) is 5.56 Å². The van der Waals surface area contributed by atoms with Gasteiger partial charge in [0.25, 0.3) is 5.91 Å². The molecule has 0 aliphatic rings. The Morgan fingerprint density at radius 1 is 1.12 bits per heavy atom. The molecule has 0 spiro atoms. The SMILES string of the molecule is COC(=O)CC(NC(=O)c1cc(Cl)nc(Cl)c1)c1ccc(OC)cc1. The lowest BCUT2D eigenvalue weighted by molar-refractivity contribution is -0.141. The molecule has 1 atom stereocenters. The van der Waals surface area contributed by atoms with E-state index in [0.29, 0.717) is 5.75 Å². The van der Waals surface area contributed by atoms with Crippen molar-refractivity contribution in [2.75, 3.05) is 14.2 Å². The molecule has 0 bridgehead atoms. The fraction of sp³-hybridized carbons (Fsp3) is 0.235. The summed E-state index contributed by atoms with van der Waals surface area (Å²) in [6.45, 7) is 0. The largest absolute Gasteiger partial charge is 0.497 e. The molecule has 8 heteroatoms. The summed E-state index contributed by atoms with van der Waals surface area (Å²) < 4.78 is 9.82. The summed E-state index contributed by atoms with van der Waals surface area (Å²) in [5, 5.41) is 2.99. The van der Waals surface area contributed by atoms with Crippen molar-refractivity contribution in [3.05, 3.63) is 57.8 Å². The van der Waals surface area contributed by atoms with E-state index < -0.39 is 17.9 Å². The summed E-state index contributed by atoms with van der Waals surface area (Å²) >= 11 is 11.6. The van der Waals surface area contributed by atoms with Crippen LogP contribution >= 0.6 is 23.2 Å². The van der Waals surface area contributed by atoms with Gasteiger partial charge in [-0.2, -0.15) is 0 Å². The molecule has 1 N–H and O–H groups in total. The first-order valence-corrected chi connectivity index (χ1v) is 8.03. The van der Waals surface area contributed by atoms with Crippen LogP contribution < -0.4 is 10.1 Å². The molecule has 2 aromatic rings. The third kappa shape index (κ3) is 5.34. The molecule has 0 fully saturated rings. The van der Waals surface area contributed by atoms with E-state index in [1.165, 1.54) is 19.2 Å². The molecule has 1 aromatic heterocycles. The average Bonchev–Trinajstić information content (AvgIpc) is 2.60. The Balaban J connectivity index is 2.25. The number of benzene rings is 1. The van der Waals surface area contributed by atoms with Crippen molar-refractivity contribution in [3.63, 3.8) is 0 Å². The monoisotopic (exact) mass is 382 g/mol. The van der Waals surface area contributed by atoms with Gasteiger partial charge < -0.3 is 14.8 Å². The third-order valence-corrected chi connectivity index (χ3v) is 3.83. The zero-order valence-corrected chi connectivity index (χ0v) is 15.1. The van der Waals surface area contributed by atoms with Crippen molar-refractivity contribution in [1.29, 1.82) is 0 Å². The van der Waals surface area contributed by atoms with E-state index in [4.69, 9.17) is 32.7 Å². The lowest BCUT2D eigenvalue weighted by Gasteiger charge is -2.18. The van der Waals surface area contributed by atoms with Gasteiger partial charge in [-0.05, 0) is 29.8 Å². The van der Waals surface area contributed by atoms with Gasteiger partial charge in [0.05, 0.1) is 26.7 Å². The number of hydrogen-bond acceptors (Lipinski definition) is 5. The van der Waals surface area contributed by atoms with Crippen LogP contribution in [0.4, 0.5) is 0 Å². The zero-order chi connectivity index (χ0) is 18.4. The maximum absolute atomic E-state index is 12.5. The molecule has 25 heavy (non-hydrogen) atoms. The van der Waals surface area contributed by atoms with E-state index in [9.17, 15) is 9.59 Å². The van der Waals surface area contributed by atoms with Gasteiger partial charge in [0.15, 0.2) is 0 Å². The minimum atomic E-state index is -0.587. The van der Waals surface area contributed by atoms with Gasteiger partial charge in [0.1, 0.15) is 16.1 Å². The van der Waals surface area contributed by atoms with E-state index in [1.807, 2.05) is 0 Å². The minimum Gasteiger partial charge on any atom is -0.497 e. The number of hydrogen-bond donors (Lipinski definition) is 1. The van der Waals surface area contributed by atoms with Crippen LogP contribution in [-0.2, 0) is 9.53 Å². The first-order chi connectivity index (χ1) is 11.9. The molecule has 132 valence electrons. The van der Waals surface area contributed by atoms with E-state index in [2.05, 4.69) is 10.3 Å². The number of methoxy groups -OCH3 is 2. The van der Waals surface area contributed by atoms with Crippen LogP contribution in [0.15, 0.2) is 36.4 Å². The Labute approximate surface area is 155 Å². The Kier molecular flexibility index (Phi) is 6.61. The van der Waals surface area contributed by atoms with Crippen LogP contribution in [0.1, 0.15) is 28.4 Å². The Hall–Kier alpha value is -2.31. The maximum atomic E-state index is 12.5. The Bertz CT molecular complexity index is 745. The molecule has 2 rings (SSSR count). The van der Waals surface area contributed by atoms with Gasteiger partial charge in [-0.3, -0.25) is 9.59 Å². The van der Waals surface area contributed by atoms with Crippen LogP contribution in [-0.4, -0.2) is 31.1 Å². The van der Waals surface area contributed by atoms with Crippen molar-refractivity contribution in [2.24, 2.45) is 0 Å². The second-order valence-electron chi connectivity index (χ2n) is 5.08. The molecular weight excluding hydrogens is 367 g/mol. The highest BCUT2D eigenvalue weighted by Gasteiger charge is 2.20. The molecule has 0 aliphatic heterocycles. The average molecular weight is 383 g/mol. The quantitative estimate of drug-likeness (QED) is 0.611. The highest BCUT2D eigenvalue weighted by atomic mass is 35.5. The number of rotatable bonds is 6. The molecule has 1 heterocycles. The number of aromatic nitrogens is 1. The fourth-order valence-corrected chi connectivity index (χ4v) is 2.64. The van der Waals surface area contributed by atoms with Crippen molar-refractivity contribution in [1.82, 2.24) is 10.3 Å². The first-order valence-electron chi connectivity index (χ1n) is 7.27.